The van der Waals surface area contributed by atoms with Crippen LogP contribution in [-0.2, 0) is 13.6 Å². The van der Waals surface area contributed by atoms with Gasteiger partial charge in [0.25, 0.3) is 0 Å². The second-order valence-electron chi connectivity index (χ2n) is 4.37. The molecule has 0 radical (unpaired) electrons. The molecule has 3 aromatic rings. The van der Waals surface area contributed by atoms with Crippen LogP contribution in [0.5, 0.6) is 0 Å². The molecular formula is C15H15N3. The maximum Gasteiger partial charge on any atom is 0.0703 e. The quantitative estimate of drug-likeness (QED) is 0.758. The molecule has 0 aliphatic heterocycles. The number of aryl methyl sites for hydroxylation is 1. The van der Waals surface area contributed by atoms with Gasteiger partial charge in [-0.3, -0.25) is 4.98 Å². The van der Waals surface area contributed by atoms with Crippen LogP contribution in [-0.4, -0.2) is 9.55 Å². The van der Waals surface area contributed by atoms with Crippen molar-refractivity contribution in [2.45, 2.75) is 6.54 Å². The molecule has 2 heterocycles. The van der Waals surface area contributed by atoms with E-state index in [1.165, 1.54) is 5.69 Å². The van der Waals surface area contributed by atoms with Gasteiger partial charge in [0.1, 0.15) is 0 Å². The minimum atomic E-state index is 0.829. The van der Waals surface area contributed by atoms with Crippen molar-refractivity contribution in [3.8, 4) is 0 Å². The highest BCUT2D eigenvalue weighted by atomic mass is 15.0. The molecule has 0 saturated heterocycles. The normalized spacial score (nSPS) is 10.7. The first-order valence-corrected chi connectivity index (χ1v) is 6.02. The summed E-state index contributed by atoms with van der Waals surface area (Å²) < 4.78 is 2.12. The van der Waals surface area contributed by atoms with E-state index < -0.39 is 0 Å². The molecule has 1 N–H and O–H groups in total. The van der Waals surface area contributed by atoms with Crippen LogP contribution in [0.3, 0.4) is 0 Å². The predicted octanol–water partition coefficient (Wildman–Crippen LogP) is 3.19. The van der Waals surface area contributed by atoms with Crippen LogP contribution in [0.4, 0.5) is 5.69 Å². The number of hydrogen-bond donors (Lipinski definition) is 1. The Bertz CT molecular complexity index is 670. The van der Waals surface area contributed by atoms with Crippen molar-refractivity contribution in [3.63, 3.8) is 0 Å². The molecule has 3 nitrogen and oxygen atoms in total. The Hall–Kier alpha value is -2.29. The van der Waals surface area contributed by atoms with Crippen molar-refractivity contribution >= 4 is 16.6 Å². The summed E-state index contributed by atoms with van der Waals surface area (Å²) in [6.07, 6.45) is 3.88. The number of nitrogens with one attached hydrogen (secondary N) is 1. The van der Waals surface area contributed by atoms with Crippen LogP contribution in [0, 0.1) is 0 Å². The molecule has 1 aromatic carbocycles. The summed E-state index contributed by atoms with van der Waals surface area (Å²) in [7, 11) is 2.06. The maximum absolute atomic E-state index is 4.31. The van der Waals surface area contributed by atoms with Crippen molar-refractivity contribution in [3.05, 3.63) is 60.6 Å². The first-order chi connectivity index (χ1) is 8.83. The van der Waals surface area contributed by atoms with Crippen LogP contribution in [0.25, 0.3) is 10.9 Å². The third kappa shape index (κ3) is 2.07. The molecule has 0 atom stereocenters. The average Bonchev–Trinajstić information content (AvgIpc) is 2.82. The minimum Gasteiger partial charge on any atom is -0.379 e. The number of anilines is 1. The summed E-state index contributed by atoms with van der Waals surface area (Å²) in [5.41, 5.74) is 3.42. The van der Waals surface area contributed by atoms with E-state index in [0.29, 0.717) is 0 Å². The van der Waals surface area contributed by atoms with Gasteiger partial charge in [-0.1, -0.05) is 6.07 Å². The lowest BCUT2D eigenvalue weighted by molar-refractivity contribution is 0.842. The van der Waals surface area contributed by atoms with Gasteiger partial charge in [-0.2, -0.15) is 0 Å². The van der Waals surface area contributed by atoms with Crippen molar-refractivity contribution in [2.24, 2.45) is 7.05 Å². The van der Waals surface area contributed by atoms with E-state index in [4.69, 9.17) is 0 Å². The van der Waals surface area contributed by atoms with Crippen LogP contribution in [0.15, 0.2) is 54.9 Å². The van der Waals surface area contributed by atoms with Gasteiger partial charge in [-0.05, 0) is 36.4 Å². The first kappa shape index (κ1) is 10.8. The number of aromatic nitrogens is 2. The molecule has 18 heavy (non-hydrogen) atoms. The highest BCUT2D eigenvalue weighted by molar-refractivity contribution is 5.82. The number of benzene rings is 1. The van der Waals surface area contributed by atoms with Gasteiger partial charge in [0, 0.05) is 36.2 Å². The molecule has 0 fully saturated rings. The van der Waals surface area contributed by atoms with Gasteiger partial charge in [-0.25, -0.2) is 0 Å². The summed E-state index contributed by atoms with van der Waals surface area (Å²) in [6, 6.07) is 14.5. The third-order valence-electron chi connectivity index (χ3n) is 3.13. The van der Waals surface area contributed by atoms with Crippen molar-refractivity contribution < 1.29 is 0 Å². The maximum atomic E-state index is 4.31. The van der Waals surface area contributed by atoms with E-state index in [1.807, 2.05) is 18.3 Å². The monoisotopic (exact) mass is 237 g/mol. The van der Waals surface area contributed by atoms with E-state index in [1.54, 1.807) is 0 Å². The Morgan fingerprint density at radius 3 is 2.94 bits per heavy atom. The highest BCUT2D eigenvalue weighted by Gasteiger charge is 1.99. The predicted molar refractivity (Wildman–Crippen MR) is 74.5 cm³/mol. The topological polar surface area (TPSA) is 29.9 Å². The Balaban J connectivity index is 1.81. The summed E-state index contributed by atoms with van der Waals surface area (Å²) in [4.78, 5) is 4.31. The Morgan fingerprint density at radius 1 is 1.17 bits per heavy atom. The molecule has 0 unspecified atom stereocenters. The van der Waals surface area contributed by atoms with Gasteiger partial charge < -0.3 is 9.88 Å². The zero-order valence-corrected chi connectivity index (χ0v) is 10.3. The zero-order valence-electron chi connectivity index (χ0n) is 10.3. The Kier molecular flexibility index (Phi) is 2.73. The zero-order chi connectivity index (χ0) is 12.4. The molecule has 3 rings (SSSR count). The van der Waals surface area contributed by atoms with Crippen LogP contribution < -0.4 is 5.32 Å². The molecule has 0 spiro atoms. The average molecular weight is 237 g/mol. The van der Waals surface area contributed by atoms with Crippen molar-refractivity contribution in [1.29, 1.82) is 0 Å². The number of nitrogens with zero attached hydrogens (tertiary/aromatic N) is 2. The van der Waals surface area contributed by atoms with Gasteiger partial charge >= 0.3 is 0 Å². The standard InChI is InChI=1S/C15H15N3/c1-18-9-3-5-14(18)11-17-13-6-7-15-12(10-13)4-2-8-16-15/h2-10,17H,11H2,1H3. The van der Waals surface area contributed by atoms with Gasteiger partial charge in [0.2, 0.25) is 0 Å². The lowest BCUT2D eigenvalue weighted by Gasteiger charge is -2.08. The molecule has 0 bridgehead atoms. The smallest absolute Gasteiger partial charge is 0.0703 e. The largest absolute Gasteiger partial charge is 0.379 e. The number of fused-ring (bicyclic) bond motifs is 1. The fourth-order valence-corrected chi connectivity index (χ4v) is 2.06. The fourth-order valence-electron chi connectivity index (χ4n) is 2.06. The number of hydrogen-bond acceptors (Lipinski definition) is 2. The van der Waals surface area contributed by atoms with Crippen LogP contribution in [0.1, 0.15) is 5.69 Å². The molecular weight excluding hydrogens is 222 g/mol. The summed E-state index contributed by atoms with van der Waals surface area (Å²) in [5.74, 6) is 0. The van der Waals surface area contributed by atoms with E-state index in [9.17, 15) is 0 Å². The SMILES string of the molecule is Cn1cccc1CNc1ccc2ncccc2c1. The molecule has 0 amide bonds. The molecule has 0 aliphatic carbocycles. The van der Waals surface area contributed by atoms with Gasteiger partial charge in [0.15, 0.2) is 0 Å². The summed E-state index contributed by atoms with van der Waals surface area (Å²) in [5, 5.41) is 4.59. The van der Waals surface area contributed by atoms with E-state index in [-0.39, 0.29) is 0 Å². The minimum absolute atomic E-state index is 0.829. The highest BCUT2D eigenvalue weighted by Crippen LogP contribution is 2.17. The lowest BCUT2D eigenvalue weighted by Crippen LogP contribution is -2.03. The van der Waals surface area contributed by atoms with E-state index >= 15 is 0 Å². The van der Waals surface area contributed by atoms with Crippen LogP contribution in [0.2, 0.25) is 0 Å². The second-order valence-corrected chi connectivity index (χ2v) is 4.37. The van der Waals surface area contributed by atoms with Gasteiger partial charge in [-0.15, -0.1) is 0 Å². The molecule has 0 saturated carbocycles. The lowest BCUT2D eigenvalue weighted by atomic mass is 10.2. The number of rotatable bonds is 3. The molecule has 90 valence electrons. The van der Waals surface area contributed by atoms with Crippen molar-refractivity contribution in [1.82, 2.24) is 9.55 Å². The van der Waals surface area contributed by atoms with E-state index in [2.05, 4.69) is 58.4 Å². The summed E-state index contributed by atoms with van der Waals surface area (Å²) >= 11 is 0. The molecule has 3 heteroatoms. The summed E-state index contributed by atoms with van der Waals surface area (Å²) in [6.45, 7) is 0.829. The number of pyridine rings is 1. The van der Waals surface area contributed by atoms with Crippen molar-refractivity contribution in [2.75, 3.05) is 5.32 Å². The first-order valence-electron chi connectivity index (χ1n) is 6.02. The molecule has 2 aromatic heterocycles. The third-order valence-corrected chi connectivity index (χ3v) is 3.13. The Labute approximate surface area is 106 Å². The second kappa shape index (κ2) is 4.53. The van der Waals surface area contributed by atoms with E-state index in [0.717, 1.165) is 23.1 Å². The van der Waals surface area contributed by atoms with Gasteiger partial charge in [0.05, 0.1) is 12.1 Å². The van der Waals surface area contributed by atoms with Crippen LogP contribution >= 0.6 is 0 Å². The Morgan fingerprint density at radius 2 is 2.11 bits per heavy atom. The molecule has 0 aliphatic rings. The fraction of sp³-hybridized carbons (Fsp3) is 0.133.